The lowest BCUT2D eigenvalue weighted by atomic mass is 9.91. The first-order valence-corrected chi connectivity index (χ1v) is 11.2. The third-order valence-corrected chi connectivity index (χ3v) is 6.22. The summed E-state index contributed by atoms with van der Waals surface area (Å²) in [5, 5.41) is 9.23. The van der Waals surface area contributed by atoms with Gasteiger partial charge in [-0.25, -0.2) is 4.98 Å². The number of nitrogens with zero attached hydrogens (tertiary/aromatic N) is 3. The zero-order valence-electron chi connectivity index (χ0n) is 17.7. The summed E-state index contributed by atoms with van der Waals surface area (Å²) in [6.07, 6.45) is 5.53. The van der Waals surface area contributed by atoms with Gasteiger partial charge >= 0.3 is 0 Å². The molecule has 4 rings (SSSR count). The van der Waals surface area contributed by atoms with Crippen LogP contribution in [0, 0.1) is 0 Å². The number of para-hydroxylation sites is 1. The molecule has 1 fully saturated rings. The van der Waals surface area contributed by atoms with Crippen molar-refractivity contribution in [2.24, 2.45) is 0 Å². The number of halogens is 1. The van der Waals surface area contributed by atoms with Crippen LogP contribution in [0.4, 0.5) is 11.8 Å². The van der Waals surface area contributed by atoms with Crippen LogP contribution in [0.15, 0.2) is 48.5 Å². The Bertz CT molecular complexity index is 982. The first kappa shape index (κ1) is 20.9. The Balaban J connectivity index is 1.30. The summed E-state index contributed by atoms with van der Waals surface area (Å²) in [5.74, 6) is 1.69. The smallest absolute Gasteiger partial charge is 0.225 e. The summed E-state index contributed by atoms with van der Waals surface area (Å²) in [7, 11) is 4.05. The van der Waals surface area contributed by atoms with Crippen molar-refractivity contribution in [3.05, 3.63) is 59.1 Å². The molecule has 0 spiro atoms. The Hall–Kier alpha value is -2.37. The minimum absolute atomic E-state index is 0.419. The maximum absolute atomic E-state index is 6.26. The molecular weight excluding hydrogens is 394 g/mol. The van der Waals surface area contributed by atoms with E-state index in [1.165, 1.54) is 5.56 Å². The highest BCUT2D eigenvalue weighted by Crippen LogP contribution is 2.26. The third kappa shape index (κ3) is 5.02. The van der Waals surface area contributed by atoms with Gasteiger partial charge in [-0.05, 0) is 62.4 Å². The largest absolute Gasteiger partial charge is 0.362 e. The average molecular weight is 424 g/mol. The van der Waals surface area contributed by atoms with Crippen molar-refractivity contribution in [2.45, 2.75) is 44.2 Å². The second-order valence-corrected chi connectivity index (χ2v) is 8.68. The molecule has 1 aliphatic carbocycles. The molecule has 0 bridgehead atoms. The van der Waals surface area contributed by atoms with E-state index in [1.807, 2.05) is 38.4 Å². The highest BCUT2D eigenvalue weighted by Gasteiger charge is 2.22. The molecule has 1 aromatic heterocycles. The molecule has 0 unspecified atom stereocenters. The van der Waals surface area contributed by atoms with E-state index in [0.29, 0.717) is 12.1 Å². The van der Waals surface area contributed by atoms with Gasteiger partial charge in [-0.3, -0.25) is 0 Å². The number of hydrogen-bond acceptors (Lipinski definition) is 5. The fourth-order valence-corrected chi connectivity index (χ4v) is 4.43. The van der Waals surface area contributed by atoms with E-state index in [1.54, 1.807) is 0 Å². The predicted molar refractivity (Wildman–Crippen MR) is 127 cm³/mol. The molecule has 2 N–H and O–H groups in total. The van der Waals surface area contributed by atoms with E-state index in [-0.39, 0.29) is 0 Å². The monoisotopic (exact) mass is 423 g/mol. The number of rotatable bonds is 7. The van der Waals surface area contributed by atoms with Crippen molar-refractivity contribution in [3.8, 4) is 0 Å². The summed E-state index contributed by atoms with van der Waals surface area (Å²) in [4.78, 5) is 11.6. The average Bonchev–Trinajstić information content (AvgIpc) is 2.75. The number of hydrogen-bond donors (Lipinski definition) is 2. The molecule has 3 aromatic rings. The van der Waals surface area contributed by atoms with Crippen LogP contribution in [-0.2, 0) is 6.42 Å². The summed E-state index contributed by atoms with van der Waals surface area (Å²) >= 11 is 6.26. The number of nitrogens with one attached hydrogen (secondary N) is 2. The van der Waals surface area contributed by atoms with Gasteiger partial charge in [0.05, 0.1) is 5.52 Å². The van der Waals surface area contributed by atoms with Crippen LogP contribution in [-0.4, -0.2) is 42.7 Å². The first-order valence-electron chi connectivity index (χ1n) is 10.8. The van der Waals surface area contributed by atoms with Crippen molar-refractivity contribution in [2.75, 3.05) is 30.9 Å². The Kier molecular flexibility index (Phi) is 6.70. The molecule has 1 aliphatic rings. The highest BCUT2D eigenvalue weighted by atomic mass is 35.5. The normalized spacial score (nSPS) is 19.0. The van der Waals surface area contributed by atoms with Crippen molar-refractivity contribution >= 4 is 34.3 Å². The molecule has 0 aliphatic heterocycles. The van der Waals surface area contributed by atoms with Crippen LogP contribution in [0.3, 0.4) is 0 Å². The fourth-order valence-electron chi connectivity index (χ4n) is 4.20. The standard InChI is InChI=1S/C24H30ClN5/c1-30(2)23-20-8-4-6-10-22(20)28-24(29-23)27-19-13-11-18(12-14-19)26-16-15-17-7-3-5-9-21(17)25/h3-10,18-19,26H,11-16H2,1-2H3,(H,27,28,29). The van der Waals surface area contributed by atoms with Gasteiger partial charge in [0.15, 0.2) is 0 Å². The quantitative estimate of drug-likeness (QED) is 0.565. The van der Waals surface area contributed by atoms with Gasteiger partial charge in [0, 0.05) is 36.6 Å². The van der Waals surface area contributed by atoms with Crippen molar-refractivity contribution in [1.29, 1.82) is 0 Å². The van der Waals surface area contributed by atoms with E-state index < -0.39 is 0 Å². The fraction of sp³-hybridized carbons (Fsp3) is 0.417. The van der Waals surface area contributed by atoms with E-state index in [0.717, 1.165) is 66.3 Å². The summed E-state index contributed by atoms with van der Waals surface area (Å²) in [6.45, 7) is 0.965. The lowest BCUT2D eigenvalue weighted by Gasteiger charge is -2.30. The third-order valence-electron chi connectivity index (χ3n) is 5.85. The summed E-state index contributed by atoms with van der Waals surface area (Å²) in [5.41, 5.74) is 2.20. The topological polar surface area (TPSA) is 53.1 Å². The SMILES string of the molecule is CN(C)c1nc(NC2CCC(NCCc3ccccc3Cl)CC2)nc2ccccc12. The minimum Gasteiger partial charge on any atom is -0.362 e. The first-order chi connectivity index (χ1) is 14.6. The van der Waals surface area contributed by atoms with E-state index >= 15 is 0 Å². The van der Waals surface area contributed by atoms with Gasteiger partial charge in [0.2, 0.25) is 5.95 Å². The zero-order valence-corrected chi connectivity index (χ0v) is 18.5. The van der Waals surface area contributed by atoms with Crippen molar-refractivity contribution < 1.29 is 0 Å². The molecule has 0 atom stereocenters. The minimum atomic E-state index is 0.419. The van der Waals surface area contributed by atoms with Crippen LogP contribution in [0.25, 0.3) is 10.9 Å². The molecule has 1 saturated carbocycles. The van der Waals surface area contributed by atoms with Crippen LogP contribution in [0.2, 0.25) is 5.02 Å². The molecule has 1 heterocycles. The molecule has 30 heavy (non-hydrogen) atoms. The van der Waals surface area contributed by atoms with Crippen LogP contribution in [0.5, 0.6) is 0 Å². The van der Waals surface area contributed by atoms with E-state index in [4.69, 9.17) is 21.6 Å². The molecule has 0 radical (unpaired) electrons. The van der Waals surface area contributed by atoms with Gasteiger partial charge in [-0.15, -0.1) is 0 Å². The lowest BCUT2D eigenvalue weighted by molar-refractivity contribution is 0.355. The van der Waals surface area contributed by atoms with Crippen molar-refractivity contribution in [1.82, 2.24) is 15.3 Å². The van der Waals surface area contributed by atoms with Crippen LogP contribution in [0.1, 0.15) is 31.2 Å². The Morgan fingerprint density at radius 2 is 1.63 bits per heavy atom. The Labute approximate surface area is 183 Å². The Morgan fingerprint density at radius 1 is 0.933 bits per heavy atom. The maximum Gasteiger partial charge on any atom is 0.225 e. The number of anilines is 2. The highest BCUT2D eigenvalue weighted by molar-refractivity contribution is 6.31. The van der Waals surface area contributed by atoms with Crippen LogP contribution < -0.4 is 15.5 Å². The van der Waals surface area contributed by atoms with E-state index in [2.05, 4.69) is 39.8 Å². The number of benzene rings is 2. The van der Waals surface area contributed by atoms with Gasteiger partial charge in [0.25, 0.3) is 0 Å². The van der Waals surface area contributed by atoms with Gasteiger partial charge in [0.1, 0.15) is 5.82 Å². The molecule has 5 nitrogen and oxygen atoms in total. The molecule has 158 valence electrons. The second-order valence-electron chi connectivity index (χ2n) is 8.27. The summed E-state index contributed by atoms with van der Waals surface area (Å²) in [6, 6.07) is 17.3. The van der Waals surface area contributed by atoms with Gasteiger partial charge in [-0.2, -0.15) is 4.98 Å². The number of aromatic nitrogens is 2. The molecule has 0 saturated heterocycles. The zero-order chi connectivity index (χ0) is 20.9. The van der Waals surface area contributed by atoms with Gasteiger partial charge in [-0.1, -0.05) is 41.9 Å². The van der Waals surface area contributed by atoms with Crippen molar-refractivity contribution in [3.63, 3.8) is 0 Å². The molecule has 0 amide bonds. The lowest BCUT2D eigenvalue weighted by Crippen LogP contribution is -2.38. The van der Waals surface area contributed by atoms with E-state index in [9.17, 15) is 0 Å². The predicted octanol–water partition coefficient (Wildman–Crippen LogP) is 4.90. The second kappa shape index (κ2) is 9.63. The summed E-state index contributed by atoms with van der Waals surface area (Å²) < 4.78 is 0. The maximum atomic E-state index is 6.26. The Morgan fingerprint density at radius 3 is 2.40 bits per heavy atom. The molecular formula is C24H30ClN5. The van der Waals surface area contributed by atoms with Gasteiger partial charge < -0.3 is 15.5 Å². The molecule has 6 heteroatoms. The molecule has 2 aromatic carbocycles. The van der Waals surface area contributed by atoms with Crippen LogP contribution >= 0.6 is 11.6 Å². The number of fused-ring (bicyclic) bond motifs is 1.